The molecule has 0 spiro atoms. The van der Waals surface area contributed by atoms with E-state index in [1.807, 2.05) is 13.8 Å². The number of allylic oxidation sites excluding steroid dienone is 3. The van der Waals surface area contributed by atoms with Crippen LogP contribution in [0.5, 0.6) is 0 Å². The van der Waals surface area contributed by atoms with E-state index < -0.39 is 0 Å². The van der Waals surface area contributed by atoms with Gasteiger partial charge in [-0.25, -0.2) is 0 Å². The summed E-state index contributed by atoms with van der Waals surface area (Å²) in [6.07, 6.45) is 8.27. The molecule has 1 aliphatic rings. The summed E-state index contributed by atoms with van der Waals surface area (Å²) >= 11 is 0. The van der Waals surface area contributed by atoms with Gasteiger partial charge in [-0.1, -0.05) is 44.1 Å². The Morgan fingerprint density at radius 1 is 1.21 bits per heavy atom. The fraction of sp³-hybridized carbons (Fsp3) is 0.765. The van der Waals surface area contributed by atoms with Crippen molar-refractivity contribution in [2.24, 2.45) is 11.7 Å². The van der Waals surface area contributed by atoms with E-state index in [1.165, 1.54) is 37.1 Å². The van der Waals surface area contributed by atoms with Gasteiger partial charge < -0.3 is 5.73 Å². The van der Waals surface area contributed by atoms with E-state index in [2.05, 4.69) is 37.8 Å². The van der Waals surface area contributed by atoms with Gasteiger partial charge in [0, 0.05) is 13.1 Å². The average molecular weight is 266 g/mol. The Bertz CT molecular complexity index is 279. The van der Waals surface area contributed by atoms with Crippen molar-refractivity contribution in [2.45, 2.75) is 53.9 Å². The maximum atomic E-state index is 5.76. The first kappa shape index (κ1) is 18.4. The lowest BCUT2D eigenvalue weighted by Crippen LogP contribution is -2.39. The molecule has 0 aromatic rings. The molecule has 19 heavy (non-hydrogen) atoms. The molecule has 0 radical (unpaired) electrons. The summed E-state index contributed by atoms with van der Waals surface area (Å²) in [5, 5.41) is 0. The van der Waals surface area contributed by atoms with Crippen LogP contribution in [0.3, 0.4) is 0 Å². The number of likely N-dealkylation sites (tertiary alicyclic amines) is 1. The standard InChI is InChI=1S/C15H28N2.C2H6/c1-4-13(2)7-8-14(3)11-17-9-5-6-15(10-16)12-17;1-2/h7-8,15H,4-6,9-12,16H2,1-3H3;1-2H3/b13-7-,14-8+;. The Morgan fingerprint density at radius 3 is 2.42 bits per heavy atom. The van der Waals surface area contributed by atoms with Crippen LogP contribution in [0.25, 0.3) is 0 Å². The van der Waals surface area contributed by atoms with Gasteiger partial charge in [-0.3, -0.25) is 4.90 Å². The topological polar surface area (TPSA) is 29.3 Å². The molecule has 1 heterocycles. The zero-order valence-corrected chi connectivity index (χ0v) is 13.7. The Labute approximate surface area is 120 Å². The van der Waals surface area contributed by atoms with Gasteiger partial charge in [-0.15, -0.1) is 0 Å². The number of hydrogen-bond acceptors (Lipinski definition) is 2. The van der Waals surface area contributed by atoms with Gasteiger partial charge in [0.15, 0.2) is 0 Å². The summed E-state index contributed by atoms with van der Waals surface area (Å²) < 4.78 is 0. The largest absolute Gasteiger partial charge is 0.330 e. The minimum atomic E-state index is 0.712. The van der Waals surface area contributed by atoms with Crippen LogP contribution in [0.2, 0.25) is 0 Å². The second kappa shape index (κ2) is 11.2. The number of rotatable bonds is 5. The van der Waals surface area contributed by atoms with E-state index >= 15 is 0 Å². The van der Waals surface area contributed by atoms with Crippen molar-refractivity contribution >= 4 is 0 Å². The van der Waals surface area contributed by atoms with Crippen molar-refractivity contribution < 1.29 is 0 Å². The third-order valence-electron chi connectivity index (χ3n) is 3.62. The van der Waals surface area contributed by atoms with Crippen molar-refractivity contribution in [1.29, 1.82) is 0 Å². The highest BCUT2D eigenvalue weighted by Gasteiger charge is 2.18. The first-order chi connectivity index (χ1) is 9.15. The molecule has 2 nitrogen and oxygen atoms in total. The van der Waals surface area contributed by atoms with E-state index in [1.54, 1.807) is 0 Å². The Balaban J connectivity index is 0.00000154. The van der Waals surface area contributed by atoms with E-state index in [9.17, 15) is 0 Å². The van der Waals surface area contributed by atoms with Crippen LogP contribution < -0.4 is 5.73 Å². The van der Waals surface area contributed by atoms with Gasteiger partial charge in [0.1, 0.15) is 0 Å². The first-order valence-electron chi connectivity index (χ1n) is 7.91. The van der Waals surface area contributed by atoms with Gasteiger partial charge in [0.25, 0.3) is 0 Å². The Hall–Kier alpha value is -0.600. The van der Waals surface area contributed by atoms with E-state index in [0.717, 1.165) is 19.5 Å². The summed E-state index contributed by atoms with van der Waals surface area (Å²) in [7, 11) is 0. The molecule has 1 fully saturated rings. The van der Waals surface area contributed by atoms with Crippen LogP contribution in [0.15, 0.2) is 23.3 Å². The molecule has 0 aromatic carbocycles. The van der Waals surface area contributed by atoms with Crippen LogP contribution in [0, 0.1) is 5.92 Å². The minimum Gasteiger partial charge on any atom is -0.330 e. The second-order valence-corrected chi connectivity index (χ2v) is 5.36. The molecule has 0 amide bonds. The summed E-state index contributed by atoms with van der Waals surface area (Å²) in [6, 6.07) is 0. The summed E-state index contributed by atoms with van der Waals surface area (Å²) in [5.74, 6) is 0.712. The molecule has 2 heteroatoms. The van der Waals surface area contributed by atoms with Gasteiger partial charge >= 0.3 is 0 Å². The maximum Gasteiger partial charge on any atom is 0.0193 e. The zero-order chi connectivity index (χ0) is 14.7. The summed E-state index contributed by atoms with van der Waals surface area (Å²) in [6.45, 7) is 15.0. The van der Waals surface area contributed by atoms with Gasteiger partial charge in [-0.05, 0) is 52.1 Å². The van der Waals surface area contributed by atoms with Crippen LogP contribution in [0.4, 0.5) is 0 Å². The molecule has 0 aromatic heterocycles. The molecule has 1 rings (SSSR count). The highest BCUT2D eigenvalue weighted by molar-refractivity contribution is 5.16. The monoisotopic (exact) mass is 266 g/mol. The maximum absolute atomic E-state index is 5.76. The molecular formula is C17H34N2. The van der Waals surface area contributed by atoms with Crippen molar-refractivity contribution in [3.05, 3.63) is 23.3 Å². The minimum absolute atomic E-state index is 0.712. The van der Waals surface area contributed by atoms with Crippen LogP contribution >= 0.6 is 0 Å². The lowest BCUT2D eigenvalue weighted by atomic mass is 9.98. The lowest BCUT2D eigenvalue weighted by Gasteiger charge is -2.32. The fourth-order valence-electron chi connectivity index (χ4n) is 2.30. The second-order valence-electron chi connectivity index (χ2n) is 5.36. The zero-order valence-electron chi connectivity index (χ0n) is 13.7. The molecule has 0 bridgehead atoms. The van der Waals surface area contributed by atoms with Gasteiger partial charge in [0.05, 0.1) is 0 Å². The van der Waals surface area contributed by atoms with Crippen molar-refractivity contribution in [3.63, 3.8) is 0 Å². The molecule has 1 atom stereocenters. The Kier molecular flexibility index (Phi) is 10.9. The smallest absolute Gasteiger partial charge is 0.0193 e. The summed E-state index contributed by atoms with van der Waals surface area (Å²) in [5.41, 5.74) is 8.66. The molecule has 1 saturated heterocycles. The molecule has 1 unspecified atom stereocenters. The summed E-state index contributed by atoms with van der Waals surface area (Å²) in [4.78, 5) is 2.54. The SMILES string of the molecule is CC.CC/C(C)=C\C=C(/C)CN1CCCC(CN)C1. The molecule has 0 saturated carbocycles. The van der Waals surface area contributed by atoms with Crippen LogP contribution in [-0.2, 0) is 0 Å². The highest BCUT2D eigenvalue weighted by atomic mass is 15.1. The number of piperidine rings is 1. The normalized spacial score (nSPS) is 21.9. The van der Waals surface area contributed by atoms with Crippen LogP contribution in [0.1, 0.15) is 53.9 Å². The van der Waals surface area contributed by atoms with Gasteiger partial charge in [0.2, 0.25) is 0 Å². The van der Waals surface area contributed by atoms with Crippen molar-refractivity contribution in [3.8, 4) is 0 Å². The lowest BCUT2D eigenvalue weighted by molar-refractivity contribution is 0.191. The molecule has 1 aliphatic heterocycles. The van der Waals surface area contributed by atoms with Crippen LogP contribution in [-0.4, -0.2) is 31.1 Å². The number of hydrogen-bond donors (Lipinski definition) is 1. The first-order valence-corrected chi connectivity index (χ1v) is 7.91. The third-order valence-corrected chi connectivity index (χ3v) is 3.62. The average Bonchev–Trinajstić information content (AvgIpc) is 2.47. The third kappa shape index (κ3) is 8.22. The molecule has 0 aliphatic carbocycles. The number of nitrogens with two attached hydrogens (primary N) is 1. The quantitative estimate of drug-likeness (QED) is 0.763. The predicted octanol–water partition coefficient (Wildman–Crippen LogP) is 3.99. The van der Waals surface area contributed by atoms with Gasteiger partial charge in [-0.2, -0.15) is 0 Å². The molecule has 112 valence electrons. The predicted molar refractivity (Wildman–Crippen MR) is 87.4 cm³/mol. The number of nitrogens with zero attached hydrogens (tertiary/aromatic N) is 1. The van der Waals surface area contributed by atoms with Crippen molar-refractivity contribution in [2.75, 3.05) is 26.2 Å². The highest BCUT2D eigenvalue weighted by Crippen LogP contribution is 2.16. The van der Waals surface area contributed by atoms with E-state index in [4.69, 9.17) is 5.73 Å². The van der Waals surface area contributed by atoms with E-state index in [0.29, 0.717) is 5.92 Å². The molecular weight excluding hydrogens is 232 g/mol. The Morgan fingerprint density at radius 2 is 1.84 bits per heavy atom. The van der Waals surface area contributed by atoms with E-state index in [-0.39, 0.29) is 0 Å². The fourth-order valence-corrected chi connectivity index (χ4v) is 2.30. The van der Waals surface area contributed by atoms with Crippen molar-refractivity contribution in [1.82, 2.24) is 4.90 Å². The molecule has 2 N–H and O–H groups in total.